The van der Waals surface area contributed by atoms with Crippen LogP contribution in [0.2, 0.25) is 6.04 Å². The zero-order chi connectivity index (χ0) is 13.9. The van der Waals surface area contributed by atoms with Gasteiger partial charge in [-0.1, -0.05) is 26.2 Å². The van der Waals surface area contributed by atoms with Crippen molar-refractivity contribution in [3.05, 3.63) is 0 Å². The van der Waals surface area contributed by atoms with E-state index >= 15 is 0 Å². The molecule has 0 saturated carbocycles. The second-order valence-corrected chi connectivity index (χ2v) is 7.33. The van der Waals surface area contributed by atoms with Gasteiger partial charge in [0.2, 0.25) is 0 Å². The molecule has 1 atom stereocenters. The highest BCUT2D eigenvalue weighted by Crippen LogP contribution is 2.17. The molecule has 1 heterocycles. The largest absolute Gasteiger partial charge is 0.500 e. The Morgan fingerprint density at radius 1 is 1.11 bits per heavy atom. The van der Waals surface area contributed by atoms with Gasteiger partial charge in [-0.05, 0) is 6.42 Å². The van der Waals surface area contributed by atoms with E-state index in [0.29, 0.717) is 0 Å². The Labute approximate surface area is 117 Å². The Morgan fingerprint density at radius 2 is 1.63 bits per heavy atom. The summed E-state index contributed by atoms with van der Waals surface area (Å²) < 4.78 is 20.5. The lowest BCUT2D eigenvalue weighted by Gasteiger charge is -2.24. The molecule has 1 saturated heterocycles. The first kappa shape index (κ1) is 21.3. The summed E-state index contributed by atoms with van der Waals surface area (Å²) in [5, 5.41) is 8.08. The second-order valence-electron chi connectivity index (χ2n) is 4.24. The molecule has 3 N–H and O–H groups in total. The molecule has 19 heavy (non-hydrogen) atoms. The Kier molecular flexibility index (Phi) is 14.5. The molecule has 0 bridgehead atoms. The minimum Gasteiger partial charge on any atom is -0.412 e. The summed E-state index contributed by atoms with van der Waals surface area (Å²) >= 11 is 0. The lowest BCUT2D eigenvalue weighted by atomic mass is 10.2. The van der Waals surface area contributed by atoms with Gasteiger partial charge in [0.1, 0.15) is 6.10 Å². The molecule has 0 radical (unpaired) electrons. The van der Waals surface area contributed by atoms with Crippen LogP contribution in [0, 0.1) is 0 Å². The Hall–Kier alpha value is -0.0231. The number of aliphatic hydroxyl groups is 1. The van der Waals surface area contributed by atoms with Crippen LogP contribution in [0.4, 0.5) is 0 Å². The molecule has 0 aromatic carbocycles. The Balaban J connectivity index is 0. The summed E-state index contributed by atoms with van der Waals surface area (Å²) in [5.74, 6) is 0. The first-order valence-corrected chi connectivity index (χ1v) is 8.49. The van der Waals surface area contributed by atoms with Crippen molar-refractivity contribution in [2.45, 2.75) is 44.8 Å². The van der Waals surface area contributed by atoms with Gasteiger partial charge in [0, 0.05) is 27.4 Å². The van der Waals surface area contributed by atoms with Crippen LogP contribution >= 0.6 is 0 Å². The summed E-state index contributed by atoms with van der Waals surface area (Å²) in [4.78, 5) is 0. The Morgan fingerprint density at radius 3 is 1.89 bits per heavy atom. The average Bonchev–Trinajstić information content (AvgIpc) is 3.25. The van der Waals surface area contributed by atoms with Crippen LogP contribution < -0.4 is 0 Å². The summed E-state index contributed by atoms with van der Waals surface area (Å²) in [7, 11) is 2.73. The number of aliphatic hydroxyl groups excluding tert-OH is 1. The monoisotopic (exact) mass is 298 g/mol. The number of hydrogen-bond acceptors (Lipinski definition) is 5. The number of unbranched alkanes of at least 4 members (excludes halogenated alkanes) is 3. The van der Waals surface area contributed by atoms with Crippen LogP contribution in [-0.4, -0.2) is 60.0 Å². The van der Waals surface area contributed by atoms with Crippen LogP contribution in [0.15, 0.2) is 0 Å². The maximum absolute atomic E-state index is 8.08. The zero-order valence-corrected chi connectivity index (χ0v) is 13.6. The van der Waals surface area contributed by atoms with Gasteiger partial charge in [-0.3, -0.25) is 0 Å². The molecule has 1 unspecified atom stereocenters. The number of rotatable bonds is 9. The molecule has 0 aliphatic carbocycles. The van der Waals surface area contributed by atoms with Crippen molar-refractivity contribution in [3.8, 4) is 0 Å². The third-order valence-electron chi connectivity index (χ3n) is 2.88. The fourth-order valence-corrected chi connectivity index (χ4v) is 3.29. The molecule has 1 aliphatic heterocycles. The van der Waals surface area contributed by atoms with Crippen LogP contribution in [0.3, 0.4) is 0 Å². The van der Waals surface area contributed by atoms with Crippen molar-refractivity contribution in [3.63, 3.8) is 0 Å². The molecule has 0 spiro atoms. The van der Waals surface area contributed by atoms with Crippen LogP contribution in [0.25, 0.3) is 0 Å². The topological polar surface area (TPSA) is 92.0 Å². The quantitative estimate of drug-likeness (QED) is 0.389. The fourth-order valence-electron chi connectivity index (χ4n) is 1.50. The van der Waals surface area contributed by atoms with Gasteiger partial charge >= 0.3 is 8.80 Å². The lowest BCUT2D eigenvalue weighted by Crippen LogP contribution is -2.42. The van der Waals surface area contributed by atoms with E-state index in [2.05, 4.69) is 11.7 Å². The summed E-state index contributed by atoms with van der Waals surface area (Å²) in [5.41, 5.74) is 0. The van der Waals surface area contributed by atoms with Gasteiger partial charge in [0.25, 0.3) is 0 Å². The molecule has 0 amide bonds. The van der Waals surface area contributed by atoms with E-state index in [1.807, 2.05) is 0 Å². The summed E-state index contributed by atoms with van der Waals surface area (Å²) in [6, 6.07) is 0.927. The number of epoxide rings is 1. The third-order valence-corrected chi connectivity index (χ3v) is 5.71. The predicted molar refractivity (Wildman–Crippen MR) is 76.2 cm³/mol. The molecule has 1 fully saturated rings. The average molecular weight is 298 g/mol. The van der Waals surface area contributed by atoms with Gasteiger partial charge in [-0.2, -0.15) is 0 Å². The highest BCUT2D eigenvalue weighted by atomic mass is 28.4. The summed E-state index contributed by atoms with van der Waals surface area (Å²) in [6.07, 6.45) is 5.09. The normalized spacial score (nSPS) is 17.2. The Bertz CT molecular complexity index is 177. The lowest BCUT2D eigenvalue weighted by molar-refractivity contribution is 0.122. The minimum atomic E-state index is -2.27. The second kappa shape index (κ2) is 13.0. The van der Waals surface area contributed by atoms with E-state index in [4.69, 9.17) is 18.4 Å². The first-order chi connectivity index (χ1) is 8.67. The van der Waals surface area contributed by atoms with Gasteiger partial charge in [-0.25, -0.2) is 0 Å². The van der Waals surface area contributed by atoms with E-state index in [1.165, 1.54) is 19.3 Å². The van der Waals surface area contributed by atoms with Gasteiger partial charge in [0.15, 0.2) is 0 Å². The molecule has 1 aliphatic rings. The molecule has 0 aromatic rings. The molecule has 6 nitrogen and oxygen atoms in total. The van der Waals surface area contributed by atoms with Crippen molar-refractivity contribution in [2.24, 2.45) is 0 Å². The van der Waals surface area contributed by atoms with E-state index in [1.54, 1.807) is 21.3 Å². The number of hydrogen-bond donors (Lipinski definition) is 1. The zero-order valence-electron chi connectivity index (χ0n) is 12.6. The fraction of sp³-hybridized carbons (Fsp3) is 1.00. The standard InChI is InChI=1S/C9H22O3Si.C3H6O2.H2O/c1-5-6-7-8-9-13(10-2,11-3)12-4;4-1-3-2-5-3;/h5-9H2,1-4H3;3-4H,1-2H2;1H2. The van der Waals surface area contributed by atoms with Crippen molar-refractivity contribution < 1.29 is 28.6 Å². The van der Waals surface area contributed by atoms with Gasteiger partial charge in [0.05, 0.1) is 13.2 Å². The van der Waals surface area contributed by atoms with E-state index in [0.717, 1.165) is 19.1 Å². The SMILES string of the molecule is CCCCCC[Si](OC)(OC)OC.O.OCC1CO1. The maximum Gasteiger partial charge on any atom is 0.500 e. The van der Waals surface area contributed by atoms with Crippen LogP contribution in [0.5, 0.6) is 0 Å². The number of ether oxygens (including phenoxy) is 1. The van der Waals surface area contributed by atoms with Crippen molar-refractivity contribution >= 4 is 8.80 Å². The van der Waals surface area contributed by atoms with Gasteiger partial charge in [-0.15, -0.1) is 0 Å². The molecule has 0 aromatic heterocycles. The maximum atomic E-state index is 8.08. The van der Waals surface area contributed by atoms with Gasteiger partial charge < -0.3 is 28.6 Å². The molecular weight excluding hydrogens is 268 g/mol. The van der Waals surface area contributed by atoms with Crippen molar-refractivity contribution in [1.82, 2.24) is 0 Å². The molecule has 7 heteroatoms. The van der Waals surface area contributed by atoms with E-state index in [-0.39, 0.29) is 18.2 Å². The van der Waals surface area contributed by atoms with Crippen LogP contribution in [-0.2, 0) is 18.0 Å². The summed E-state index contributed by atoms with van der Waals surface area (Å²) in [6.45, 7) is 3.16. The third kappa shape index (κ3) is 10.4. The minimum absolute atomic E-state index is 0. The van der Waals surface area contributed by atoms with Crippen molar-refractivity contribution in [2.75, 3.05) is 34.5 Å². The smallest absolute Gasteiger partial charge is 0.412 e. The van der Waals surface area contributed by atoms with Crippen LogP contribution in [0.1, 0.15) is 32.6 Å². The first-order valence-electron chi connectivity index (χ1n) is 6.55. The van der Waals surface area contributed by atoms with Crippen molar-refractivity contribution in [1.29, 1.82) is 0 Å². The highest BCUT2D eigenvalue weighted by molar-refractivity contribution is 6.60. The van der Waals surface area contributed by atoms with E-state index in [9.17, 15) is 0 Å². The van der Waals surface area contributed by atoms with E-state index < -0.39 is 8.80 Å². The molecule has 1 rings (SSSR count). The predicted octanol–water partition coefficient (Wildman–Crippen LogP) is 0.998. The highest BCUT2D eigenvalue weighted by Gasteiger charge is 2.36. The molecular formula is C12H30O6Si. The molecule has 118 valence electrons.